The maximum absolute atomic E-state index is 12.2. The van der Waals surface area contributed by atoms with E-state index >= 15 is 0 Å². The second-order valence-corrected chi connectivity index (χ2v) is 5.16. The van der Waals surface area contributed by atoms with Gasteiger partial charge in [-0.05, 0) is 39.0 Å². The van der Waals surface area contributed by atoms with Crippen LogP contribution >= 0.6 is 0 Å². The van der Waals surface area contributed by atoms with Crippen molar-refractivity contribution in [2.75, 3.05) is 6.54 Å². The first-order valence-electron chi connectivity index (χ1n) is 6.49. The van der Waals surface area contributed by atoms with E-state index in [1.54, 1.807) is 0 Å². The van der Waals surface area contributed by atoms with Gasteiger partial charge in [0, 0.05) is 18.5 Å². The third-order valence-corrected chi connectivity index (χ3v) is 3.72. The minimum atomic E-state index is -0.0136. The fourth-order valence-electron chi connectivity index (χ4n) is 2.44. The van der Waals surface area contributed by atoms with Gasteiger partial charge in [0.05, 0.1) is 0 Å². The molecule has 2 heterocycles. The van der Waals surface area contributed by atoms with Crippen LogP contribution in [0.5, 0.6) is 0 Å². The molecule has 0 radical (unpaired) electrons. The fourth-order valence-corrected chi connectivity index (χ4v) is 2.44. The molecule has 5 nitrogen and oxygen atoms in total. The van der Waals surface area contributed by atoms with E-state index in [1.807, 2.05) is 4.90 Å². The van der Waals surface area contributed by atoms with E-state index < -0.39 is 0 Å². The summed E-state index contributed by atoms with van der Waals surface area (Å²) in [6.45, 7) is 2.94. The smallest absolute Gasteiger partial charge is 0.293 e. The molecule has 92 valence electrons. The second-order valence-electron chi connectivity index (χ2n) is 5.16. The normalized spacial score (nSPS) is 25.0. The summed E-state index contributed by atoms with van der Waals surface area (Å²) < 4.78 is 0. The van der Waals surface area contributed by atoms with E-state index in [9.17, 15) is 4.79 Å². The topological polar surface area (TPSA) is 61.9 Å². The summed E-state index contributed by atoms with van der Waals surface area (Å²) in [6, 6.07) is 0.319. The highest BCUT2D eigenvalue weighted by Crippen LogP contribution is 2.37. The van der Waals surface area contributed by atoms with Crippen molar-refractivity contribution < 1.29 is 4.79 Å². The average molecular weight is 234 g/mol. The number of rotatable bonds is 2. The molecule has 3 rings (SSSR count). The standard InChI is InChI=1S/C12H18N4O/c1-8-4-2-3-7-16(8)12(17)11-13-10(14-15-11)9-5-6-9/h8-9H,2-7H2,1H3,(H,13,14,15). The zero-order valence-corrected chi connectivity index (χ0v) is 10.1. The molecule has 17 heavy (non-hydrogen) atoms. The summed E-state index contributed by atoms with van der Waals surface area (Å²) in [5, 5.41) is 6.95. The molecule has 1 atom stereocenters. The Bertz CT molecular complexity index is 424. The van der Waals surface area contributed by atoms with Crippen molar-refractivity contribution >= 4 is 5.91 Å². The van der Waals surface area contributed by atoms with Gasteiger partial charge in [-0.3, -0.25) is 9.89 Å². The third-order valence-electron chi connectivity index (χ3n) is 3.72. The van der Waals surface area contributed by atoms with Crippen LogP contribution in [0, 0.1) is 0 Å². The van der Waals surface area contributed by atoms with Crippen molar-refractivity contribution in [2.24, 2.45) is 0 Å². The van der Waals surface area contributed by atoms with Gasteiger partial charge in [0.25, 0.3) is 5.91 Å². The number of H-pyrrole nitrogens is 1. The van der Waals surface area contributed by atoms with Gasteiger partial charge in [0.2, 0.25) is 5.82 Å². The Morgan fingerprint density at radius 1 is 1.35 bits per heavy atom. The first-order valence-corrected chi connectivity index (χ1v) is 6.49. The minimum Gasteiger partial charge on any atom is -0.333 e. The highest BCUT2D eigenvalue weighted by molar-refractivity contribution is 5.90. The molecule has 1 N–H and O–H groups in total. The van der Waals surface area contributed by atoms with Crippen LogP contribution in [0.15, 0.2) is 0 Å². The zero-order chi connectivity index (χ0) is 11.8. The number of piperidine rings is 1. The summed E-state index contributed by atoms with van der Waals surface area (Å²) in [7, 11) is 0. The Morgan fingerprint density at radius 3 is 2.88 bits per heavy atom. The van der Waals surface area contributed by atoms with Crippen molar-refractivity contribution in [3.63, 3.8) is 0 Å². The molecule has 0 spiro atoms. The first-order chi connectivity index (χ1) is 8.25. The molecule has 1 aromatic heterocycles. The number of hydrogen-bond acceptors (Lipinski definition) is 3. The summed E-state index contributed by atoms with van der Waals surface area (Å²) in [6.07, 6.45) is 5.74. The lowest BCUT2D eigenvalue weighted by molar-refractivity contribution is 0.0623. The summed E-state index contributed by atoms with van der Waals surface area (Å²) in [4.78, 5) is 18.5. The van der Waals surface area contributed by atoms with Gasteiger partial charge in [-0.1, -0.05) is 0 Å². The number of carbonyl (C=O) groups excluding carboxylic acids is 1. The molecular weight excluding hydrogens is 216 g/mol. The number of aromatic nitrogens is 3. The summed E-state index contributed by atoms with van der Waals surface area (Å²) in [5.74, 6) is 1.74. The van der Waals surface area contributed by atoms with Gasteiger partial charge in [-0.25, -0.2) is 4.98 Å². The predicted molar refractivity (Wildman–Crippen MR) is 62.7 cm³/mol. The van der Waals surface area contributed by atoms with Crippen LogP contribution in [0.25, 0.3) is 0 Å². The Balaban J connectivity index is 1.75. The molecule has 1 saturated carbocycles. The van der Waals surface area contributed by atoms with Crippen molar-refractivity contribution in [1.29, 1.82) is 0 Å². The van der Waals surface area contributed by atoms with Crippen LogP contribution in [0.3, 0.4) is 0 Å². The Morgan fingerprint density at radius 2 is 2.18 bits per heavy atom. The molecule has 0 bridgehead atoms. The van der Waals surface area contributed by atoms with Gasteiger partial charge >= 0.3 is 0 Å². The SMILES string of the molecule is CC1CCCCN1C(=O)c1n[nH]c(C2CC2)n1. The molecular formula is C12H18N4O. The molecule has 5 heteroatoms. The van der Waals surface area contributed by atoms with Crippen LogP contribution in [0.4, 0.5) is 0 Å². The lowest BCUT2D eigenvalue weighted by atomic mass is 10.0. The van der Waals surface area contributed by atoms with Crippen molar-refractivity contribution in [3.05, 3.63) is 11.6 Å². The Labute approximate surface area is 101 Å². The molecule has 1 aromatic rings. The first kappa shape index (κ1) is 10.7. The van der Waals surface area contributed by atoms with Crippen LogP contribution in [-0.4, -0.2) is 38.6 Å². The minimum absolute atomic E-state index is 0.0136. The zero-order valence-electron chi connectivity index (χ0n) is 10.1. The molecule has 1 saturated heterocycles. The highest BCUT2D eigenvalue weighted by Gasteiger charge is 2.31. The molecule has 1 aliphatic carbocycles. The molecule has 1 amide bonds. The van der Waals surface area contributed by atoms with Gasteiger partial charge < -0.3 is 4.90 Å². The van der Waals surface area contributed by atoms with Gasteiger partial charge in [0.1, 0.15) is 5.82 Å². The van der Waals surface area contributed by atoms with Crippen LogP contribution in [0.1, 0.15) is 61.4 Å². The van der Waals surface area contributed by atoms with Gasteiger partial charge in [-0.15, -0.1) is 5.10 Å². The van der Waals surface area contributed by atoms with Crippen molar-refractivity contribution in [3.8, 4) is 0 Å². The van der Waals surface area contributed by atoms with Crippen LogP contribution in [-0.2, 0) is 0 Å². The number of carbonyl (C=O) groups is 1. The number of aromatic amines is 1. The summed E-state index contributed by atoms with van der Waals surface area (Å²) >= 11 is 0. The number of amides is 1. The average Bonchev–Trinajstić information content (AvgIpc) is 3.07. The number of nitrogens with one attached hydrogen (secondary N) is 1. The maximum Gasteiger partial charge on any atom is 0.293 e. The van der Waals surface area contributed by atoms with E-state index in [0.717, 1.165) is 25.2 Å². The van der Waals surface area contributed by atoms with E-state index in [4.69, 9.17) is 0 Å². The van der Waals surface area contributed by atoms with E-state index in [-0.39, 0.29) is 5.91 Å². The number of nitrogens with zero attached hydrogens (tertiary/aromatic N) is 3. The predicted octanol–water partition coefficient (Wildman–Crippen LogP) is 1.70. The molecule has 1 aliphatic heterocycles. The molecule has 2 fully saturated rings. The Hall–Kier alpha value is -1.39. The lowest BCUT2D eigenvalue weighted by Gasteiger charge is -2.32. The summed E-state index contributed by atoms with van der Waals surface area (Å²) in [5.41, 5.74) is 0. The maximum atomic E-state index is 12.2. The number of hydrogen-bond donors (Lipinski definition) is 1. The fraction of sp³-hybridized carbons (Fsp3) is 0.750. The quantitative estimate of drug-likeness (QED) is 0.847. The van der Waals surface area contributed by atoms with E-state index in [0.29, 0.717) is 17.8 Å². The van der Waals surface area contributed by atoms with Gasteiger partial charge in [0.15, 0.2) is 0 Å². The third kappa shape index (κ3) is 2.06. The van der Waals surface area contributed by atoms with Crippen LogP contribution in [0.2, 0.25) is 0 Å². The molecule has 1 unspecified atom stereocenters. The monoisotopic (exact) mass is 234 g/mol. The van der Waals surface area contributed by atoms with Crippen molar-refractivity contribution in [1.82, 2.24) is 20.1 Å². The van der Waals surface area contributed by atoms with Crippen molar-refractivity contribution in [2.45, 2.75) is 51.0 Å². The van der Waals surface area contributed by atoms with Gasteiger partial charge in [-0.2, -0.15) is 0 Å². The Kier molecular flexibility index (Phi) is 2.61. The second kappa shape index (κ2) is 4.13. The number of likely N-dealkylation sites (tertiary alicyclic amines) is 1. The lowest BCUT2D eigenvalue weighted by Crippen LogP contribution is -2.42. The van der Waals surface area contributed by atoms with E-state index in [1.165, 1.54) is 19.3 Å². The highest BCUT2D eigenvalue weighted by atomic mass is 16.2. The largest absolute Gasteiger partial charge is 0.333 e. The molecule has 2 aliphatic rings. The van der Waals surface area contributed by atoms with Crippen LogP contribution < -0.4 is 0 Å². The molecule has 0 aromatic carbocycles. The van der Waals surface area contributed by atoms with E-state index in [2.05, 4.69) is 22.1 Å².